The molecule has 0 spiro atoms. The predicted octanol–water partition coefficient (Wildman–Crippen LogP) is 4.41. The van der Waals surface area contributed by atoms with E-state index in [0.717, 1.165) is 18.9 Å². The summed E-state index contributed by atoms with van der Waals surface area (Å²) in [4.78, 5) is 29.8. The molecule has 0 saturated heterocycles. The number of benzene rings is 2. The van der Waals surface area contributed by atoms with E-state index in [1.54, 1.807) is 10.9 Å². The zero-order chi connectivity index (χ0) is 31.6. The van der Waals surface area contributed by atoms with Gasteiger partial charge >= 0.3 is 6.18 Å². The Kier molecular flexibility index (Phi) is 7.00. The number of alkyl halides is 3. The Labute approximate surface area is 253 Å². The molecule has 1 aliphatic heterocycles. The summed E-state index contributed by atoms with van der Waals surface area (Å²) < 4.78 is 57.1. The van der Waals surface area contributed by atoms with Crippen LogP contribution in [-0.2, 0) is 15.8 Å². The molecule has 44 heavy (non-hydrogen) atoms. The van der Waals surface area contributed by atoms with E-state index in [-0.39, 0.29) is 41.0 Å². The van der Waals surface area contributed by atoms with Crippen LogP contribution in [-0.4, -0.2) is 58.1 Å². The van der Waals surface area contributed by atoms with Crippen LogP contribution in [0.4, 0.5) is 13.2 Å². The zero-order valence-electron chi connectivity index (χ0n) is 23.5. The number of methoxy groups -OCH3 is 1. The SMILES string of the molecule is COc1cc(C(=O)NC[C@](O)(c2cc3c(c(-c4ccc(Cl)cc4)n2)OC[C@]3(C)C(N)=O)C(F)(F)F)cc2cn(C3CC3)nc12. The molecule has 2 aromatic carbocycles. The minimum Gasteiger partial charge on any atom is -0.494 e. The Hall–Kier alpha value is -4.36. The van der Waals surface area contributed by atoms with Crippen LogP contribution in [0.1, 0.15) is 47.4 Å². The fraction of sp³-hybridized carbons (Fsp3) is 0.333. The van der Waals surface area contributed by atoms with Gasteiger partial charge in [-0.3, -0.25) is 14.3 Å². The van der Waals surface area contributed by atoms with Crippen molar-refractivity contribution in [2.75, 3.05) is 20.3 Å². The lowest BCUT2D eigenvalue weighted by Crippen LogP contribution is -2.51. The van der Waals surface area contributed by atoms with Gasteiger partial charge in [0.15, 0.2) is 0 Å². The fourth-order valence-electron chi connectivity index (χ4n) is 5.18. The van der Waals surface area contributed by atoms with Gasteiger partial charge in [0, 0.05) is 33.3 Å². The molecule has 0 bridgehead atoms. The van der Waals surface area contributed by atoms with Crippen LogP contribution in [0.5, 0.6) is 11.5 Å². The number of aromatic nitrogens is 3. The molecule has 1 saturated carbocycles. The largest absolute Gasteiger partial charge is 0.494 e. The molecule has 0 radical (unpaired) electrons. The van der Waals surface area contributed by atoms with Gasteiger partial charge in [0.25, 0.3) is 5.91 Å². The van der Waals surface area contributed by atoms with E-state index in [2.05, 4.69) is 15.4 Å². The standard InChI is InChI=1S/C30H27ClF3N5O5/c1-28(27(35)41)14-44-25-20(28)11-22(37-24(25)15-3-5-18(31)6-4-15)29(42,30(32,33)34)13-36-26(40)16-9-17-12-39(19-7-8-19)38-23(17)21(10-16)43-2/h3-6,9-12,19,42H,7-8,13-14H2,1-2H3,(H2,35,41)(H,36,40)/t28-,29-/m0/s1. The molecule has 2 aromatic heterocycles. The van der Waals surface area contributed by atoms with Crippen LogP contribution in [0.15, 0.2) is 48.7 Å². The first-order chi connectivity index (χ1) is 20.7. The molecule has 0 unspecified atom stereocenters. The lowest BCUT2D eigenvalue weighted by atomic mass is 9.81. The normalized spacial score (nSPS) is 19.2. The number of halogens is 4. The molecule has 2 aliphatic rings. The van der Waals surface area contributed by atoms with Crippen LogP contribution in [0.25, 0.3) is 22.2 Å². The molecule has 10 nitrogen and oxygen atoms in total. The number of nitrogens with two attached hydrogens (primary N) is 1. The van der Waals surface area contributed by atoms with E-state index in [4.69, 9.17) is 26.8 Å². The summed E-state index contributed by atoms with van der Waals surface area (Å²) >= 11 is 6.00. The highest BCUT2D eigenvalue weighted by Crippen LogP contribution is 2.48. The number of nitrogens with zero attached hydrogens (tertiary/aromatic N) is 3. The number of carbonyl (C=O) groups is 2. The van der Waals surface area contributed by atoms with Crippen molar-refractivity contribution in [3.05, 3.63) is 70.5 Å². The van der Waals surface area contributed by atoms with Crippen LogP contribution in [0.2, 0.25) is 5.02 Å². The summed E-state index contributed by atoms with van der Waals surface area (Å²) in [7, 11) is 1.40. The van der Waals surface area contributed by atoms with Crippen LogP contribution < -0.4 is 20.5 Å². The number of fused-ring (bicyclic) bond motifs is 2. The van der Waals surface area contributed by atoms with E-state index < -0.39 is 41.2 Å². The molecule has 4 N–H and O–H groups in total. The van der Waals surface area contributed by atoms with Gasteiger partial charge in [-0.2, -0.15) is 18.3 Å². The van der Waals surface area contributed by atoms with Crippen molar-refractivity contribution >= 4 is 34.3 Å². The Bertz CT molecular complexity index is 1810. The Morgan fingerprint density at radius 2 is 1.93 bits per heavy atom. The van der Waals surface area contributed by atoms with Crippen molar-refractivity contribution in [2.24, 2.45) is 5.73 Å². The monoisotopic (exact) mass is 629 g/mol. The van der Waals surface area contributed by atoms with Gasteiger partial charge in [-0.25, -0.2) is 4.98 Å². The fourth-order valence-corrected chi connectivity index (χ4v) is 5.31. The number of rotatable bonds is 8. The molecule has 6 rings (SSSR count). The van der Waals surface area contributed by atoms with E-state index in [1.807, 2.05) is 0 Å². The first-order valence-corrected chi connectivity index (χ1v) is 14.0. The van der Waals surface area contributed by atoms with E-state index in [9.17, 15) is 27.9 Å². The number of nitrogens with one attached hydrogen (secondary N) is 1. The average Bonchev–Trinajstić information content (AvgIpc) is 3.65. The van der Waals surface area contributed by atoms with Crippen molar-refractivity contribution in [3.63, 3.8) is 0 Å². The first-order valence-electron chi connectivity index (χ1n) is 13.6. The van der Waals surface area contributed by atoms with Crippen LogP contribution >= 0.6 is 11.6 Å². The number of pyridine rings is 1. The van der Waals surface area contributed by atoms with Crippen LogP contribution in [0.3, 0.4) is 0 Å². The Morgan fingerprint density at radius 1 is 1.23 bits per heavy atom. The van der Waals surface area contributed by atoms with Gasteiger partial charge in [-0.1, -0.05) is 23.7 Å². The minimum atomic E-state index is -5.31. The van der Waals surface area contributed by atoms with E-state index in [1.165, 1.54) is 50.4 Å². The van der Waals surface area contributed by atoms with Crippen molar-refractivity contribution in [1.29, 1.82) is 0 Å². The summed E-state index contributed by atoms with van der Waals surface area (Å²) in [5, 5.41) is 19.0. The highest BCUT2D eigenvalue weighted by molar-refractivity contribution is 6.30. The van der Waals surface area contributed by atoms with Gasteiger partial charge in [-0.15, -0.1) is 0 Å². The number of amides is 2. The molecule has 3 heterocycles. The zero-order valence-corrected chi connectivity index (χ0v) is 24.3. The summed E-state index contributed by atoms with van der Waals surface area (Å²) in [6, 6.07) is 10.1. The molecular formula is C30H27ClF3N5O5. The lowest BCUT2D eigenvalue weighted by molar-refractivity contribution is -0.265. The molecular weight excluding hydrogens is 603 g/mol. The van der Waals surface area contributed by atoms with E-state index >= 15 is 0 Å². The second kappa shape index (κ2) is 10.4. The van der Waals surface area contributed by atoms with E-state index in [0.29, 0.717) is 21.5 Å². The third kappa shape index (κ3) is 4.89. The number of carbonyl (C=O) groups excluding carboxylic acids is 2. The van der Waals surface area contributed by atoms with Crippen molar-refractivity contribution in [3.8, 4) is 22.8 Å². The maximum Gasteiger partial charge on any atom is 0.424 e. The summed E-state index contributed by atoms with van der Waals surface area (Å²) in [6.07, 6.45) is -1.61. The molecule has 230 valence electrons. The third-order valence-corrected chi connectivity index (χ3v) is 8.38. The second-order valence-electron chi connectivity index (χ2n) is 11.2. The predicted molar refractivity (Wildman–Crippen MR) is 154 cm³/mol. The molecule has 4 aromatic rings. The number of hydrogen-bond donors (Lipinski definition) is 3. The van der Waals surface area contributed by atoms with Gasteiger partial charge < -0.3 is 25.6 Å². The van der Waals surface area contributed by atoms with Gasteiger partial charge in [-0.05, 0) is 50.1 Å². The number of primary amides is 1. The molecule has 1 aliphatic carbocycles. The smallest absolute Gasteiger partial charge is 0.424 e. The number of aliphatic hydroxyl groups is 1. The second-order valence-corrected chi connectivity index (χ2v) is 11.7. The van der Waals surface area contributed by atoms with Gasteiger partial charge in [0.2, 0.25) is 11.5 Å². The molecule has 1 fully saturated rings. The average molecular weight is 630 g/mol. The van der Waals surface area contributed by atoms with Gasteiger partial charge in [0.05, 0.1) is 25.4 Å². The number of hydrogen-bond acceptors (Lipinski definition) is 7. The molecule has 14 heteroatoms. The van der Waals surface area contributed by atoms with Gasteiger partial charge in [0.1, 0.15) is 34.7 Å². The Balaban J connectivity index is 1.40. The maximum atomic E-state index is 14.7. The molecule has 2 atom stereocenters. The first kappa shape index (κ1) is 29.7. The number of ether oxygens (including phenoxy) is 2. The van der Waals surface area contributed by atoms with Crippen molar-refractivity contribution in [2.45, 2.75) is 43.0 Å². The van der Waals surface area contributed by atoms with Crippen LogP contribution in [0, 0.1) is 0 Å². The van der Waals surface area contributed by atoms with Crippen molar-refractivity contribution in [1.82, 2.24) is 20.1 Å². The third-order valence-electron chi connectivity index (χ3n) is 8.13. The summed E-state index contributed by atoms with van der Waals surface area (Å²) in [5.41, 5.74) is 0.396. The quantitative estimate of drug-likeness (QED) is 0.262. The summed E-state index contributed by atoms with van der Waals surface area (Å²) in [6.45, 7) is -0.108. The van der Waals surface area contributed by atoms with Crippen molar-refractivity contribution < 1.29 is 37.3 Å². The highest BCUT2D eigenvalue weighted by atomic mass is 35.5. The lowest BCUT2D eigenvalue weighted by Gasteiger charge is -2.31. The minimum absolute atomic E-state index is 0.00712. The molecule has 2 amide bonds. The Morgan fingerprint density at radius 3 is 2.55 bits per heavy atom. The highest BCUT2D eigenvalue weighted by Gasteiger charge is 2.57. The topological polar surface area (TPSA) is 142 Å². The maximum absolute atomic E-state index is 14.7. The summed E-state index contributed by atoms with van der Waals surface area (Å²) in [5.74, 6) is -1.40.